The molecule has 1 aromatic heterocycles. The molecule has 0 bridgehead atoms. The normalized spacial score (nSPS) is 10.4. The zero-order chi connectivity index (χ0) is 14.3. The van der Waals surface area contributed by atoms with Crippen LogP contribution in [-0.2, 0) is 9.57 Å². The molecule has 7 nitrogen and oxygen atoms in total. The Morgan fingerprint density at radius 2 is 2.11 bits per heavy atom. The molecule has 0 aliphatic carbocycles. The fraction of sp³-hybridized carbons (Fsp3) is 0.500. The molecule has 0 aliphatic heterocycles. The number of hydroxylamine groups is 2. The van der Waals surface area contributed by atoms with Crippen LogP contribution in [0.5, 0.6) is 11.5 Å². The van der Waals surface area contributed by atoms with Crippen molar-refractivity contribution in [2.24, 2.45) is 0 Å². The summed E-state index contributed by atoms with van der Waals surface area (Å²) in [5.41, 5.74) is 0.117. The molecule has 0 fully saturated rings. The van der Waals surface area contributed by atoms with Gasteiger partial charge in [-0.3, -0.25) is 0 Å². The molecule has 7 heteroatoms. The first-order chi connectivity index (χ1) is 9.12. The number of aromatic nitrogens is 1. The maximum atomic E-state index is 11.4. The topological polar surface area (TPSA) is 70.1 Å². The van der Waals surface area contributed by atoms with E-state index < -0.39 is 5.97 Å². The van der Waals surface area contributed by atoms with Gasteiger partial charge in [0.15, 0.2) is 11.4 Å². The van der Waals surface area contributed by atoms with E-state index in [9.17, 15) is 4.79 Å². The molecule has 1 aromatic rings. The molecule has 1 rings (SSSR count). The quantitative estimate of drug-likeness (QED) is 0.535. The van der Waals surface area contributed by atoms with Crippen molar-refractivity contribution in [3.63, 3.8) is 0 Å². The van der Waals surface area contributed by atoms with Crippen LogP contribution in [0.4, 0.5) is 0 Å². The van der Waals surface area contributed by atoms with E-state index >= 15 is 0 Å². The lowest BCUT2D eigenvalue weighted by Gasteiger charge is -2.14. The Bertz CT molecular complexity index is 425. The molecule has 0 aromatic carbocycles. The van der Waals surface area contributed by atoms with Gasteiger partial charge in [-0.15, -0.1) is 0 Å². The Balaban J connectivity index is 2.69. The van der Waals surface area contributed by atoms with Crippen molar-refractivity contribution in [2.75, 3.05) is 41.5 Å². The average Bonchev–Trinajstić information content (AvgIpc) is 2.45. The Labute approximate surface area is 112 Å². The summed E-state index contributed by atoms with van der Waals surface area (Å²) in [7, 11) is 6.11. The number of likely N-dealkylation sites (N-methyl/N-ethyl adjacent to an activating group) is 1. The van der Waals surface area contributed by atoms with Gasteiger partial charge in [0.1, 0.15) is 12.4 Å². The van der Waals surface area contributed by atoms with Crippen molar-refractivity contribution < 1.29 is 23.8 Å². The zero-order valence-electron chi connectivity index (χ0n) is 11.5. The van der Waals surface area contributed by atoms with E-state index in [1.54, 1.807) is 25.3 Å². The summed E-state index contributed by atoms with van der Waals surface area (Å²) in [5.74, 6) is 0.265. The summed E-state index contributed by atoms with van der Waals surface area (Å²) in [5, 5.41) is 1.63. The van der Waals surface area contributed by atoms with Gasteiger partial charge in [0.2, 0.25) is 0 Å². The highest BCUT2D eigenvalue weighted by molar-refractivity contribution is 5.90. The summed E-state index contributed by atoms with van der Waals surface area (Å²) in [4.78, 5) is 20.3. The first-order valence-corrected chi connectivity index (χ1v) is 5.62. The Morgan fingerprint density at radius 1 is 1.37 bits per heavy atom. The van der Waals surface area contributed by atoms with Gasteiger partial charge in [-0.1, -0.05) is 0 Å². The molecule has 0 aliphatic rings. The Kier molecular flexibility index (Phi) is 6.04. The fourth-order valence-corrected chi connectivity index (χ4v) is 1.29. The van der Waals surface area contributed by atoms with Crippen molar-refractivity contribution in [1.29, 1.82) is 0 Å². The van der Waals surface area contributed by atoms with Crippen LogP contribution >= 0.6 is 0 Å². The molecule has 0 radical (unpaired) electrons. The summed E-state index contributed by atoms with van der Waals surface area (Å²) in [6.07, 6.45) is 1.45. The molecule has 19 heavy (non-hydrogen) atoms. The van der Waals surface area contributed by atoms with Gasteiger partial charge >= 0.3 is 5.97 Å². The van der Waals surface area contributed by atoms with Crippen molar-refractivity contribution >= 4 is 5.97 Å². The highest BCUT2D eigenvalue weighted by Crippen LogP contribution is 2.22. The van der Waals surface area contributed by atoms with Crippen LogP contribution < -0.4 is 9.47 Å². The molecule has 1 heterocycles. The number of ether oxygens (including phenoxy) is 3. The number of esters is 1. The van der Waals surface area contributed by atoms with Gasteiger partial charge < -0.3 is 19.0 Å². The number of nitrogens with zero attached hydrogens (tertiary/aromatic N) is 2. The minimum Gasteiger partial charge on any atom is -0.494 e. The smallest absolute Gasteiger partial charge is 0.360 e. The lowest BCUT2D eigenvalue weighted by atomic mass is 10.3. The fourth-order valence-electron chi connectivity index (χ4n) is 1.29. The van der Waals surface area contributed by atoms with Crippen molar-refractivity contribution in [3.05, 3.63) is 18.0 Å². The van der Waals surface area contributed by atoms with Crippen LogP contribution in [-0.4, -0.2) is 57.5 Å². The lowest BCUT2D eigenvalue weighted by molar-refractivity contribution is -0.113. The second-order valence-corrected chi connectivity index (χ2v) is 3.60. The standard InChI is InChI=1S/C12H18N2O5/c1-14(18-4)5-6-19-9-7-10(16-2)11(13-8-9)12(15)17-3/h7-8H,5-6H2,1-4H3. The lowest BCUT2D eigenvalue weighted by Crippen LogP contribution is -2.23. The predicted octanol–water partition coefficient (Wildman–Crippen LogP) is 0.749. The van der Waals surface area contributed by atoms with E-state index in [0.717, 1.165) is 0 Å². The van der Waals surface area contributed by atoms with Crippen molar-refractivity contribution in [1.82, 2.24) is 10.0 Å². The number of methoxy groups -OCH3 is 2. The molecular formula is C12H18N2O5. The summed E-state index contributed by atoms with van der Waals surface area (Å²) >= 11 is 0. The number of carbonyl (C=O) groups is 1. The second kappa shape index (κ2) is 7.55. The van der Waals surface area contributed by atoms with Gasteiger partial charge in [-0.25, -0.2) is 9.78 Å². The third-order valence-corrected chi connectivity index (χ3v) is 2.41. The minimum absolute atomic E-state index is 0.117. The zero-order valence-corrected chi connectivity index (χ0v) is 11.5. The van der Waals surface area contributed by atoms with Gasteiger partial charge in [0.05, 0.1) is 34.1 Å². The predicted molar refractivity (Wildman–Crippen MR) is 67.3 cm³/mol. The molecule has 0 N–H and O–H groups in total. The number of hydrogen-bond donors (Lipinski definition) is 0. The van der Waals surface area contributed by atoms with Gasteiger partial charge in [-0.05, 0) is 0 Å². The monoisotopic (exact) mass is 270 g/mol. The van der Waals surface area contributed by atoms with E-state index in [-0.39, 0.29) is 5.69 Å². The van der Waals surface area contributed by atoms with Crippen LogP contribution in [0.1, 0.15) is 10.5 Å². The minimum atomic E-state index is -0.553. The molecule has 0 unspecified atom stereocenters. The van der Waals surface area contributed by atoms with Gasteiger partial charge in [0, 0.05) is 13.1 Å². The van der Waals surface area contributed by atoms with Gasteiger partial charge in [-0.2, -0.15) is 5.06 Å². The van der Waals surface area contributed by atoms with E-state index in [0.29, 0.717) is 24.7 Å². The molecule has 0 spiro atoms. The molecule has 0 atom stereocenters. The van der Waals surface area contributed by atoms with E-state index in [4.69, 9.17) is 14.3 Å². The Hall–Kier alpha value is -1.86. The Morgan fingerprint density at radius 3 is 2.68 bits per heavy atom. The third kappa shape index (κ3) is 4.38. The maximum absolute atomic E-state index is 11.4. The van der Waals surface area contributed by atoms with E-state index in [2.05, 4.69) is 9.72 Å². The number of pyridine rings is 1. The third-order valence-electron chi connectivity index (χ3n) is 2.41. The number of hydrogen-bond acceptors (Lipinski definition) is 7. The molecule has 0 saturated carbocycles. The summed E-state index contributed by atoms with van der Waals surface area (Å²) in [6, 6.07) is 1.59. The molecule has 0 amide bonds. The van der Waals surface area contributed by atoms with Crippen LogP contribution in [0.2, 0.25) is 0 Å². The first kappa shape index (κ1) is 15.2. The highest BCUT2D eigenvalue weighted by atomic mass is 16.7. The molecule has 0 saturated heterocycles. The average molecular weight is 270 g/mol. The first-order valence-electron chi connectivity index (χ1n) is 5.62. The molecule has 106 valence electrons. The maximum Gasteiger partial charge on any atom is 0.360 e. The van der Waals surface area contributed by atoms with E-state index in [1.807, 2.05) is 0 Å². The van der Waals surface area contributed by atoms with Crippen molar-refractivity contribution in [2.45, 2.75) is 0 Å². The van der Waals surface area contributed by atoms with Crippen LogP contribution in [0.3, 0.4) is 0 Å². The summed E-state index contributed by atoms with van der Waals surface area (Å²) < 4.78 is 15.2. The highest BCUT2D eigenvalue weighted by Gasteiger charge is 2.15. The van der Waals surface area contributed by atoms with E-state index in [1.165, 1.54) is 20.4 Å². The largest absolute Gasteiger partial charge is 0.494 e. The number of carbonyl (C=O) groups excluding carboxylic acids is 1. The SMILES string of the molecule is COC(=O)c1ncc(OCCN(C)OC)cc1OC. The van der Waals surface area contributed by atoms with Crippen LogP contribution in [0, 0.1) is 0 Å². The van der Waals surface area contributed by atoms with Gasteiger partial charge in [0.25, 0.3) is 0 Å². The number of rotatable bonds is 7. The summed E-state index contributed by atoms with van der Waals surface area (Å²) in [6.45, 7) is 1.02. The van der Waals surface area contributed by atoms with Crippen molar-refractivity contribution in [3.8, 4) is 11.5 Å². The second-order valence-electron chi connectivity index (χ2n) is 3.60. The van der Waals surface area contributed by atoms with Crippen LogP contribution in [0.25, 0.3) is 0 Å². The molecular weight excluding hydrogens is 252 g/mol. The van der Waals surface area contributed by atoms with Crippen LogP contribution in [0.15, 0.2) is 12.3 Å².